The fraction of sp³-hybridized carbons (Fsp3) is 0.750. The van der Waals surface area contributed by atoms with E-state index in [1.54, 1.807) is 0 Å². The molecule has 0 fully saturated rings. The molecule has 0 radical (unpaired) electrons. The maximum Gasteiger partial charge on any atom is 0.723 e. The molecule has 12 nitrogen and oxygen atoms in total. The smallest absolute Gasteiger partial charge is 0.410 e. The lowest BCUT2D eigenvalue weighted by molar-refractivity contribution is -0.970. The van der Waals surface area contributed by atoms with Crippen molar-refractivity contribution in [3.8, 4) is 0 Å². The van der Waals surface area contributed by atoms with Gasteiger partial charge in [-0.05, 0) is 0 Å². The molecule has 96 valence electrons. The molecule has 0 amide bonds. The summed E-state index contributed by atoms with van der Waals surface area (Å²) in [4.78, 5) is 26.0. The number of ether oxygens (including phenoxy) is 1. The van der Waals surface area contributed by atoms with E-state index < -0.39 is 38.9 Å². The molecule has 0 aromatic rings. The third-order valence-corrected chi connectivity index (χ3v) is 1.69. The largest absolute Gasteiger partial charge is 0.723 e. The van der Waals surface area contributed by atoms with Crippen LogP contribution in [0.2, 0.25) is 0 Å². The van der Waals surface area contributed by atoms with Gasteiger partial charge in [0.25, 0.3) is 6.61 Å². The van der Waals surface area contributed by atoms with Crippen LogP contribution in [-0.2, 0) is 4.74 Å². The van der Waals surface area contributed by atoms with Gasteiger partial charge in [0.05, 0.1) is 0 Å². The van der Waals surface area contributed by atoms with E-state index in [4.69, 9.17) is 16.8 Å². The van der Waals surface area contributed by atoms with Gasteiger partial charge in [0.15, 0.2) is 19.9 Å². The minimum atomic E-state index is -3.72. The molecular formula is C4H5ClN4O8. The number of hydrogen-bond donors (Lipinski definition) is 1. The summed E-state index contributed by atoms with van der Waals surface area (Å²) in [5.74, 6) is -3.72. The van der Waals surface area contributed by atoms with E-state index in [0.717, 1.165) is 0 Å². The van der Waals surface area contributed by atoms with Crippen molar-refractivity contribution in [2.45, 2.75) is 5.79 Å². The van der Waals surface area contributed by atoms with E-state index in [1.165, 1.54) is 0 Å². The first-order valence-electron chi connectivity index (χ1n) is 3.66. The quantitative estimate of drug-likeness (QED) is 0.212. The highest BCUT2D eigenvalue weighted by molar-refractivity contribution is 6.65. The Morgan fingerprint density at radius 1 is 1.24 bits per heavy atom. The van der Waals surface area contributed by atoms with Gasteiger partial charge in [-0.15, -0.1) is 0 Å². The molecule has 0 saturated carbocycles. The number of halogens is 1. The van der Waals surface area contributed by atoms with Crippen LogP contribution >= 0.6 is 11.6 Å². The predicted octanol–water partition coefficient (Wildman–Crippen LogP) is -0.487. The summed E-state index contributed by atoms with van der Waals surface area (Å²) in [5.41, 5.74) is 0. The molecule has 0 bridgehead atoms. The standard InChI is InChI=1S/C4H5ClN4O8/c5-3(6-10)1-17-2-4(7(11)12,8(13)14)9(15)16/h10H,1-2H2/b6-3-. The number of rotatable bonds is 7. The number of nitrogens with zero attached hydrogens (tertiary/aromatic N) is 4. The Kier molecular flexibility index (Phi) is 5.14. The summed E-state index contributed by atoms with van der Waals surface area (Å²) in [6.45, 7) is -2.21. The normalized spacial score (nSPS) is 12.2. The molecule has 0 aliphatic heterocycles. The van der Waals surface area contributed by atoms with Crippen LogP contribution in [-0.4, -0.2) is 44.1 Å². The van der Waals surface area contributed by atoms with E-state index in [2.05, 4.69) is 9.89 Å². The average molecular weight is 273 g/mol. The molecule has 0 aliphatic rings. The predicted molar refractivity (Wildman–Crippen MR) is 49.6 cm³/mol. The second kappa shape index (κ2) is 5.86. The van der Waals surface area contributed by atoms with E-state index in [9.17, 15) is 30.3 Å². The molecule has 0 heterocycles. The Labute approximate surface area is 96.9 Å². The van der Waals surface area contributed by atoms with Gasteiger partial charge in [0, 0.05) is 0 Å². The molecule has 0 spiro atoms. The lowest BCUT2D eigenvalue weighted by Gasteiger charge is -2.08. The van der Waals surface area contributed by atoms with Crippen LogP contribution in [0.25, 0.3) is 0 Å². The van der Waals surface area contributed by atoms with Crippen LogP contribution in [0.3, 0.4) is 0 Å². The van der Waals surface area contributed by atoms with Crippen molar-refractivity contribution >= 4 is 16.8 Å². The maximum atomic E-state index is 10.4. The molecule has 0 aromatic heterocycles. The van der Waals surface area contributed by atoms with Gasteiger partial charge in [-0.3, -0.25) is 30.3 Å². The Morgan fingerprint density at radius 3 is 1.94 bits per heavy atom. The highest BCUT2D eigenvalue weighted by atomic mass is 35.5. The molecule has 0 saturated heterocycles. The summed E-state index contributed by atoms with van der Waals surface area (Å²) >= 11 is 5.10. The Hall–Kier alpha value is -2.08. The van der Waals surface area contributed by atoms with Gasteiger partial charge < -0.3 is 9.94 Å². The summed E-state index contributed by atoms with van der Waals surface area (Å²) < 4.78 is 4.29. The van der Waals surface area contributed by atoms with Crippen molar-refractivity contribution in [3.05, 3.63) is 30.3 Å². The fourth-order valence-corrected chi connectivity index (χ4v) is 0.736. The van der Waals surface area contributed by atoms with E-state index in [0.29, 0.717) is 0 Å². The maximum absolute atomic E-state index is 10.4. The third kappa shape index (κ3) is 3.18. The summed E-state index contributed by atoms with van der Waals surface area (Å²) in [6.07, 6.45) is 0. The molecule has 0 aromatic carbocycles. The molecule has 17 heavy (non-hydrogen) atoms. The van der Waals surface area contributed by atoms with Gasteiger partial charge in [0.1, 0.15) is 6.61 Å². The van der Waals surface area contributed by atoms with Crippen molar-refractivity contribution in [2.75, 3.05) is 13.2 Å². The Balaban J connectivity index is 4.90. The molecule has 0 atom stereocenters. The number of hydrogen-bond acceptors (Lipinski definition) is 9. The van der Waals surface area contributed by atoms with Gasteiger partial charge in [-0.25, -0.2) is 0 Å². The van der Waals surface area contributed by atoms with Crippen LogP contribution in [0.1, 0.15) is 0 Å². The van der Waals surface area contributed by atoms with Crippen molar-refractivity contribution in [3.63, 3.8) is 0 Å². The SMILES string of the molecule is O=[N+]([O-])C(COC/C(Cl)=N/O)([N+](=O)[O-])[N+](=O)[O-]. The van der Waals surface area contributed by atoms with Crippen molar-refractivity contribution in [2.24, 2.45) is 5.16 Å². The van der Waals surface area contributed by atoms with Gasteiger partial charge in [0.2, 0.25) is 0 Å². The highest BCUT2D eigenvalue weighted by Crippen LogP contribution is 2.13. The van der Waals surface area contributed by atoms with Crippen molar-refractivity contribution < 1.29 is 24.7 Å². The van der Waals surface area contributed by atoms with Crippen molar-refractivity contribution in [1.29, 1.82) is 0 Å². The van der Waals surface area contributed by atoms with Crippen molar-refractivity contribution in [1.82, 2.24) is 0 Å². The van der Waals surface area contributed by atoms with Crippen LogP contribution in [0, 0.1) is 30.3 Å². The Bertz CT molecular complexity index is 332. The van der Waals surface area contributed by atoms with E-state index in [1.807, 2.05) is 0 Å². The van der Waals surface area contributed by atoms with Crippen LogP contribution < -0.4 is 0 Å². The van der Waals surface area contributed by atoms with Gasteiger partial charge >= 0.3 is 5.79 Å². The third-order valence-electron chi connectivity index (χ3n) is 1.50. The minimum Gasteiger partial charge on any atom is -0.410 e. The Morgan fingerprint density at radius 2 is 1.65 bits per heavy atom. The molecule has 1 N–H and O–H groups in total. The van der Waals surface area contributed by atoms with Crippen LogP contribution in [0.5, 0.6) is 0 Å². The first-order valence-corrected chi connectivity index (χ1v) is 4.04. The zero-order valence-electron chi connectivity index (χ0n) is 7.89. The first-order chi connectivity index (χ1) is 7.78. The monoisotopic (exact) mass is 272 g/mol. The second-order valence-corrected chi connectivity index (χ2v) is 2.95. The minimum absolute atomic E-state index is 0.575. The zero-order valence-corrected chi connectivity index (χ0v) is 8.64. The van der Waals surface area contributed by atoms with E-state index >= 15 is 0 Å². The number of oxime groups is 1. The molecule has 13 heteroatoms. The molecule has 0 rings (SSSR count). The lowest BCUT2D eigenvalue weighted by atomic mass is 10.4. The van der Waals surface area contributed by atoms with Gasteiger partial charge in [-0.2, -0.15) is 0 Å². The highest BCUT2D eigenvalue weighted by Gasteiger charge is 2.71. The average Bonchev–Trinajstić information content (AvgIpc) is 2.22. The molecule has 0 aliphatic carbocycles. The van der Waals surface area contributed by atoms with Gasteiger partial charge in [-0.1, -0.05) is 16.8 Å². The topological polar surface area (TPSA) is 171 Å². The summed E-state index contributed by atoms with van der Waals surface area (Å²) in [7, 11) is 0. The summed E-state index contributed by atoms with van der Waals surface area (Å²) in [5, 5.41) is 41.0. The van der Waals surface area contributed by atoms with Crippen LogP contribution in [0.4, 0.5) is 0 Å². The summed E-state index contributed by atoms with van der Waals surface area (Å²) in [6, 6.07) is 0. The molecule has 0 unspecified atom stereocenters. The van der Waals surface area contributed by atoms with Crippen LogP contribution in [0.15, 0.2) is 5.16 Å². The zero-order chi connectivity index (χ0) is 13.6. The van der Waals surface area contributed by atoms with E-state index in [-0.39, 0.29) is 0 Å². The fourth-order valence-electron chi connectivity index (χ4n) is 0.659. The first kappa shape index (κ1) is 14.9. The molecular weight excluding hydrogens is 268 g/mol. The second-order valence-electron chi connectivity index (χ2n) is 2.51. The lowest BCUT2D eigenvalue weighted by Crippen LogP contribution is -2.56. The number of nitro groups is 3.